The number of hydrogen-bond donors (Lipinski definition) is 0. The number of methoxy groups -OCH3 is 1. The second-order valence-corrected chi connectivity index (χ2v) is 7.94. The third-order valence-corrected chi connectivity index (χ3v) is 5.19. The number of fused-ring (bicyclic) bond motifs is 1. The molecule has 1 fully saturated rings. The molecule has 138 valence electrons. The van der Waals surface area contributed by atoms with Crippen molar-refractivity contribution in [2.24, 2.45) is 0 Å². The third-order valence-electron chi connectivity index (χ3n) is 5.19. The molecule has 0 unspecified atom stereocenters. The van der Waals surface area contributed by atoms with Crippen LogP contribution in [-0.4, -0.2) is 41.4 Å². The van der Waals surface area contributed by atoms with E-state index in [1.54, 1.807) is 0 Å². The molecule has 2 aromatic rings. The second-order valence-electron chi connectivity index (χ2n) is 7.94. The van der Waals surface area contributed by atoms with Gasteiger partial charge in [0.2, 0.25) is 5.82 Å². The van der Waals surface area contributed by atoms with Crippen LogP contribution in [0, 0.1) is 0 Å². The lowest BCUT2D eigenvalue weighted by Gasteiger charge is -2.32. The molecule has 3 rings (SSSR count). The summed E-state index contributed by atoms with van der Waals surface area (Å²) in [6, 6.07) is 5.78. The molecule has 1 saturated heterocycles. The van der Waals surface area contributed by atoms with Gasteiger partial charge >= 0.3 is 13.1 Å². The number of carbonyl (C=O) groups is 1. The minimum Gasteiger partial charge on any atom is -0.463 e. The van der Waals surface area contributed by atoms with Crippen molar-refractivity contribution < 1.29 is 18.8 Å². The molecule has 2 heterocycles. The van der Waals surface area contributed by atoms with Crippen molar-refractivity contribution in [3.63, 3.8) is 0 Å². The Kier molecular flexibility index (Phi) is 4.57. The van der Waals surface area contributed by atoms with Crippen molar-refractivity contribution in [1.82, 2.24) is 9.97 Å². The third kappa shape index (κ3) is 3.10. The SMILES string of the molecule is COC(=O)c1nc(C(C)C)c2cc(B3OC(C)(C)C(C)(C)O3)ccc2n1. The molecule has 6 nitrogen and oxygen atoms in total. The van der Waals surface area contributed by atoms with Crippen LogP contribution in [0.1, 0.15) is 63.8 Å². The van der Waals surface area contributed by atoms with Gasteiger partial charge in [0.25, 0.3) is 0 Å². The van der Waals surface area contributed by atoms with Crippen LogP contribution in [0.25, 0.3) is 10.9 Å². The van der Waals surface area contributed by atoms with Crippen molar-refractivity contribution in [1.29, 1.82) is 0 Å². The Labute approximate surface area is 154 Å². The van der Waals surface area contributed by atoms with Crippen molar-refractivity contribution in [2.75, 3.05) is 7.11 Å². The first kappa shape index (κ1) is 18.8. The van der Waals surface area contributed by atoms with Gasteiger partial charge in [-0.25, -0.2) is 14.8 Å². The molecule has 0 radical (unpaired) electrons. The molecule has 0 saturated carbocycles. The van der Waals surface area contributed by atoms with E-state index in [1.807, 2.05) is 59.7 Å². The Bertz CT molecular complexity index is 848. The zero-order valence-corrected chi connectivity index (χ0v) is 16.4. The van der Waals surface area contributed by atoms with Crippen LogP contribution in [0.5, 0.6) is 0 Å². The lowest BCUT2D eigenvalue weighted by molar-refractivity contribution is 0.00578. The number of benzene rings is 1. The summed E-state index contributed by atoms with van der Waals surface area (Å²) < 4.78 is 17.0. The lowest BCUT2D eigenvalue weighted by Crippen LogP contribution is -2.41. The standard InChI is InChI=1S/C19H25BN2O4/c1-11(2)15-13-10-12(20-25-18(3,4)19(5,6)26-20)8-9-14(13)21-16(22-15)17(23)24-7/h8-11H,1-7H3. The molecular weight excluding hydrogens is 331 g/mol. The Balaban J connectivity index is 2.09. The van der Waals surface area contributed by atoms with Crippen LogP contribution < -0.4 is 5.46 Å². The zero-order valence-electron chi connectivity index (χ0n) is 16.4. The molecular formula is C19H25BN2O4. The van der Waals surface area contributed by atoms with Gasteiger partial charge in [0.1, 0.15) is 0 Å². The highest BCUT2D eigenvalue weighted by atomic mass is 16.7. The lowest BCUT2D eigenvalue weighted by atomic mass is 9.78. The van der Waals surface area contributed by atoms with Crippen LogP contribution in [0.2, 0.25) is 0 Å². The van der Waals surface area contributed by atoms with E-state index >= 15 is 0 Å². The Morgan fingerprint density at radius 3 is 2.27 bits per heavy atom. The molecule has 0 amide bonds. The zero-order chi connectivity index (χ0) is 19.3. The van der Waals surface area contributed by atoms with E-state index in [0.717, 1.165) is 16.5 Å². The Morgan fingerprint density at radius 1 is 1.12 bits per heavy atom. The normalized spacial score (nSPS) is 18.5. The van der Waals surface area contributed by atoms with E-state index in [0.29, 0.717) is 5.52 Å². The van der Waals surface area contributed by atoms with E-state index < -0.39 is 24.3 Å². The highest BCUT2D eigenvalue weighted by Crippen LogP contribution is 2.36. The molecule has 7 heteroatoms. The molecule has 0 N–H and O–H groups in total. The maximum atomic E-state index is 11.9. The number of rotatable bonds is 3. The fourth-order valence-electron chi connectivity index (χ4n) is 2.92. The molecule has 26 heavy (non-hydrogen) atoms. The summed E-state index contributed by atoms with van der Waals surface area (Å²) in [6.07, 6.45) is 0. The average molecular weight is 356 g/mol. The quantitative estimate of drug-likeness (QED) is 0.622. The number of esters is 1. The second kappa shape index (κ2) is 6.32. The van der Waals surface area contributed by atoms with E-state index in [9.17, 15) is 4.79 Å². The van der Waals surface area contributed by atoms with Gasteiger partial charge in [-0.3, -0.25) is 0 Å². The highest BCUT2D eigenvalue weighted by Gasteiger charge is 2.51. The predicted molar refractivity (Wildman–Crippen MR) is 101 cm³/mol. The number of nitrogens with zero attached hydrogens (tertiary/aromatic N) is 2. The molecule has 1 aliphatic rings. The van der Waals surface area contributed by atoms with Gasteiger partial charge in [-0.15, -0.1) is 0 Å². The molecule has 0 spiro atoms. The summed E-state index contributed by atoms with van der Waals surface area (Å²) in [5.74, 6) is -0.339. The van der Waals surface area contributed by atoms with Crippen molar-refractivity contribution in [2.45, 2.75) is 58.7 Å². The van der Waals surface area contributed by atoms with Gasteiger partial charge in [0, 0.05) is 5.39 Å². The first-order valence-electron chi connectivity index (χ1n) is 8.81. The van der Waals surface area contributed by atoms with Crippen molar-refractivity contribution in [3.05, 3.63) is 29.7 Å². The molecule has 0 aliphatic carbocycles. The van der Waals surface area contributed by atoms with Crippen LogP contribution in [0.4, 0.5) is 0 Å². The fraction of sp³-hybridized carbons (Fsp3) is 0.526. The first-order chi connectivity index (χ1) is 12.1. The van der Waals surface area contributed by atoms with Gasteiger partial charge in [-0.1, -0.05) is 26.0 Å². The number of ether oxygens (including phenoxy) is 1. The summed E-state index contributed by atoms with van der Waals surface area (Å²) in [4.78, 5) is 20.6. The van der Waals surface area contributed by atoms with Crippen LogP contribution in [-0.2, 0) is 14.0 Å². The van der Waals surface area contributed by atoms with Crippen LogP contribution in [0.3, 0.4) is 0 Å². The van der Waals surface area contributed by atoms with Crippen LogP contribution >= 0.6 is 0 Å². The summed E-state index contributed by atoms with van der Waals surface area (Å²) in [7, 11) is 0.872. The molecule has 1 aromatic heterocycles. The fourth-order valence-corrected chi connectivity index (χ4v) is 2.92. The predicted octanol–water partition coefficient (Wildman–Crippen LogP) is 2.84. The van der Waals surface area contributed by atoms with Gasteiger partial charge in [0.05, 0.1) is 29.5 Å². The summed E-state index contributed by atoms with van der Waals surface area (Å²) in [6.45, 7) is 12.2. The van der Waals surface area contributed by atoms with Gasteiger partial charge in [-0.05, 0) is 45.1 Å². The minimum absolute atomic E-state index is 0.0760. The number of aromatic nitrogens is 2. The first-order valence-corrected chi connectivity index (χ1v) is 8.81. The van der Waals surface area contributed by atoms with Gasteiger partial charge < -0.3 is 14.0 Å². The maximum Gasteiger partial charge on any atom is 0.494 e. The molecule has 0 atom stereocenters. The summed E-state index contributed by atoms with van der Waals surface area (Å²) >= 11 is 0. The molecule has 0 bridgehead atoms. The minimum atomic E-state index is -0.538. The smallest absolute Gasteiger partial charge is 0.463 e. The van der Waals surface area contributed by atoms with E-state index in [4.69, 9.17) is 14.0 Å². The molecule has 1 aliphatic heterocycles. The van der Waals surface area contributed by atoms with Gasteiger partial charge in [0.15, 0.2) is 0 Å². The largest absolute Gasteiger partial charge is 0.494 e. The molecule has 1 aromatic carbocycles. The highest BCUT2D eigenvalue weighted by molar-refractivity contribution is 6.62. The summed E-state index contributed by atoms with van der Waals surface area (Å²) in [5, 5.41) is 0.889. The van der Waals surface area contributed by atoms with Crippen molar-refractivity contribution in [3.8, 4) is 0 Å². The van der Waals surface area contributed by atoms with Crippen molar-refractivity contribution >= 4 is 29.5 Å². The van der Waals surface area contributed by atoms with E-state index in [-0.39, 0.29) is 11.7 Å². The summed E-state index contributed by atoms with van der Waals surface area (Å²) in [5.41, 5.74) is 1.60. The maximum absolute atomic E-state index is 11.9. The average Bonchev–Trinajstić information content (AvgIpc) is 2.80. The van der Waals surface area contributed by atoms with Gasteiger partial charge in [-0.2, -0.15) is 0 Å². The Hall–Kier alpha value is -1.99. The number of hydrogen-bond acceptors (Lipinski definition) is 6. The van der Waals surface area contributed by atoms with E-state index in [2.05, 4.69) is 9.97 Å². The topological polar surface area (TPSA) is 70.5 Å². The number of carbonyl (C=O) groups excluding carboxylic acids is 1. The monoisotopic (exact) mass is 356 g/mol. The van der Waals surface area contributed by atoms with E-state index in [1.165, 1.54) is 7.11 Å². The van der Waals surface area contributed by atoms with Crippen LogP contribution in [0.15, 0.2) is 18.2 Å². The Morgan fingerprint density at radius 2 is 1.73 bits per heavy atom.